The number of benzene rings is 2. The number of hydrogen-bond acceptors (Lipinski definition) is 3. The topological polar surface area (TPSA) is 67.2 Å². The molecule has 29 heavy (non-hydrogen) atoms. The lowest BCUT2D eigenvalue weighted by Gasteiger charge is -2.14. The van der Waals surface area contributed by atoms with Gasteiger partial charge in [0.1, 0.15) is 17.2 Å². The molecule has 1 heterocycles. The second kappa shape index (κ2) is 8.00. The normalized spacial score (nSPS) is 11.5. The highest BCUT2D eigenvalue weighted by atomic mass is 19.4. The number of anilines is 1. The van der Waals surface area contributed by atoms with Gasteiger partial charge in [-0.3, -0.25) is 9.48 Å². The molecule has 0 bridgehead atoms. The molecule has 0 radical (unpaired) electrons. The van der Waals surface area contributed by atoms with E-state index in [0.29, 0.717) is 0 Å². The minimum atomic E-state index is -4.63. The summed E-state index contributed by atoms with van der Waals surface area (Å²) < 4.78 is 68.3. The molecule has 0 fully saturated rings. The monoisotopic (exact) mass is 411 g/mol. The third kappa shape index (κ3) is 4.60. The zero-order chi connectivity index (χ0) is 21.2. The number of rotatable bonds is 5. The second-order valence-corrected chi connectivity index (χ2v) is 6.10. The smallest absolute Gasteiger partial charge is 0.392 e. The first kappa shape index (κ1) is 20.5. The van der Waals surface area contributed by atoms with Crippen molar-refractivity contribution in [1.29, 1.82) is 0 Å². The molecule has 5 nitrogen and oxygen atoms in total. The molecule has 0 aliphatic rings. The predicted molar refractivity (Wildman–Crippen MR) is 93.0 cm³/mol. The van der Waals surface area contributed by atoms with Crippen LogP contribution in [0.3, 0.4) is 0 Å². The number of carbonyl (C=O) groups is 1. The highest BCUT2D eigenvalue weighted by molar-refractivity contribution is 6.04. The Morgan fingerprint density at radius 2 is 1.79 bits per heavy atom. The molecule has 0 spiro atoms. The molecule has 0 saturated carbocycles. The average molecular weight is 411 g/mol. The van der Waals surface area contributed by atoms with Gasteiger partial charge < -0.3 is 10.4 Å². The summed E-state index contributed by atoms with van der Waals surface area (Å²) in [6.07, 6.45) is -3.32. The van der Waals surface area contributed by atoms with Crippen LogP contribution in [-0.4, -0.2) is 20.8 Å². The number of aromatic nitrogens is 2. The van der Waals surface area contributed by atoms with Crippen LogP contribution in [0.4, 0.5) is 27.8 Å². The standard InChI is InChI=1S/C19H14F5N3O2/c20-14-2-1-3-15(21)17(14)18(29)25-16-6-7-27(26-16)9-12-5-4-11(10-28)8-13(12)19(22,23)24/h1-8,28H,9-10H2,(H,25,26,29). The number of hydrogen-bond donors (Lipinski definition) is 2. The molecular formula is C19H14F5N3O2. The van der Waals surface area contributed by atoms with Gasteiger partial charge in [-0.2, -0.15) is 18.3 Å². The van der Waals surface area contributed by atoms with Crippen molar-refractivity contribution in [2.75, 3.05) is 5.32 Å². The number of aliphatic hydroxyl groups is 1. The van der Waals surface area contributed by atoms with E-state index in [9.17, 15) is 26.7 Å². The molecule has 0 aliphatic heterocycles. The number of aliphatic hydroxyl groups excluding tert-OH is 1. The van der Waals surface area contributed by atoms with Crippen molar-refractivity contribution in [1.82, 2.24) is 9.78 Å². The van der Waals surface area contributed by atoms with Gasteiger partial charge in [-0.05, 0) is 29.3 Å². The molecule has 0 aliphatic carbocycles. The van der Waals surface area contributed by atoms with Gasteiger partial charge in [-0.1, -0.05) is 18.2 Å². The van der Waals surface area contributed by atoms with Crippen LogP contribution in [0, 0.1) is 11.6 Å². The fraction of sp³-hybridized carbons (Fsp3) is 0.158. The predicted octanol–water partition coefficient (Wildman–Crippen LogP) is 3.97. The van der Waals surface area contributed by atoms with Gasteiger partial charge >= 0.3 is 6.18 Å². The fourth-order valence-electron chi connectivity index (χ4n) is 2.71. The first-order valence-electron chi connectivity index (χ1n) is 8.27. The lowest BCUT2D eigenvalue weighted by atomic mass is 10.0. The van der Waals surface area contributed by atoms with E-state index in [0.717, 1.165) is 28.9 Å². The Bertz CT molecular complexity index is 1030. The van der Waals surface area contributed by atoms with Crippen molar-refractivity contribution in [3.8, 4) is 0 Å². The van der Waals surface area contributed by atoms with E-state index in [4.69, 9.17) is 5.11 Å². The molecule has 0 saturated heterocycles. The minimum Gasteiger partial charge on any atom is -0.392 e. The average Bonchev–Trinajstić information content (AvgIpc) is 3.07. The minimum absolute atomic E-state index is 0.0850. The fourth-order valence-corrected chi connectivity index (χ4v) is 2.71. The lowest BCUT2D eigenvalue weighted by molar-refractivity contribution is -0.138. The van der Waals surface area contributed by atoms with Crippen molar-refractivity contribution in [2.24, 2.45) is 0 Å². The molecule has 10 heteroatoms. The molecule has 152 valence electrons. The van der Waals surface area contributed by atoms with E-state index in [-0.39, 0.29) is 23.5 Å². The number of amides is 1. The molecule has 1 amide bonds. The molecule has 0 atom stereocenters. The van der Waals surface area contributed by atoms with Crippen LogP contribution in [0.5, 0.6) is 0 Å². The van der Waals surface area contributed by atoms with Crippen molar-refractivity contribution >= 4 is 11.7 Å². The summed E-state index contributed by atoms with van der Waals surface area (Å²) >= 11 is 0. The van der Waals surface area contributed by atoms with E-state index in [2.05, 4.69) is 10.4 Å². The van der Waals surface area contributed by atoms with Gasteiger partial charge in [0, 0.05) is 12.3 Å². The van der Waals surface area contributed by atoms with E-state index in [1.54, 1.807) is 0 Å². The summed E-state index contributed by atoms with van der Waals surface area (Å²) in [5, 5.41) is 15.2. The Balaban J connectivity index is 1.80. The van der Waals surface area contributed by atoms with Crippen molar-refractivity contribution in [2.45, 2.75) is 19.3 Å². The number of nitrogens with zero attached hydrogens (tertiary/aromatic N) is 2. The van der Waals surface area contributed by atoms with Crippen LogP contribution in [0.25, 0.3) is 0 Å². The van der Waals surface area contributed by atoms with Crippen LogP contribution in [0.1, 0.15) is 27.0 Å². The number of nitrogens with one attached hydrogen (secondary N) is 1. The Labute approximate surface area is 161 Å². The Morgan fingerprint density at radius 3 is 2.41 bits per heavy atom. The molecule has 0 unspecified atom stereocenters. The van der Waals surface area contributed by atoms with Gasteiger partial charge in [0.05, 0.1) is 18.7 Å². The van der Waals surface area contributed by atoms with Crippen LogP contribution < -0.4 is 5.32 Å². The lowest BCUT2D eigenvalue weighted by Crippen LogP contribution is -2.17. The van der Waals surface area contributed by atoms with Gasteiger partial charge in [0.15, 0.2) is 5.82 Å². The molecular weight excluding hydrogens is 397 g/mol. The molecule has 2 aromatic carbocycles. The van der Waals surface area contributed by atoms with Crippen LogP contribution >= 0.6 is 0 Å². The zero-order valence-corrected chi connectivity index (χ0v) is 14.7. The third-order valence-electron chi connectivity index (χ3n) is 4.07. The first-order valence-corrected chi connectivity index (χ1v) is 8.27. The van der Waals surface area contributed by atoms with Gasteiger partial charge in [0.2, 0.25) is 0 Å². The number of alkyl halides is 3. The summed E-state index contributed by atoms with van der Waals surface area (Å²) in [6.45, 7) is -0.807. The van der Waals surface area contributed by atoms with Crippen LogP contribution in [-0.2, 0) is 19.3 Å². The van der Waals surface area contributed by atoms with E-state index < -0.39 is 41.5 Å². The van der Waals surface area contributed by atoms with E-state index >= 15 is 0 Å². The Kier molecular flexibility index (Phi) is 5.64. The number of halogens is 5. The van der Waals surface area contributed by atoms with Crippen molar-refractivity contribution < 1.29 is 31.9 Å². The number of carbonyl (C=O) groups excluding carboxylic acids is 1. The largest absolute Gasteiger partial charge is 0.416 e. The van der Waals surface area contributed by atoms with Crippen molar-refractivity contribution in [3.63, 3.8) is 0 Å². The molecule has 2 N–H and O–H groups in total. The zero-order valence-electron chi connectivity index (χ0n) is 14.7. The summed E-state index contributed by atoms with van der Waals surface area (Å²) in [4.78, 5) is 12.1. The maximum absolute atomic E-state index is 13.7. The molecule has 3 aromatic rings. The highest BCUT2D eigenvalue weighted by Gasteiger charge is 2.33. The van der Waals surface area contributed by atoms with E-state index in [1.165, 1.54) is 24.4 Å². The second-order valence-electron chi connectivity index (χ2n) is 6.10. The Morgan fingerprint density at radius 1 is 1.10 bits per heavy atom. The summed E-state index contributed by atoms with van der Waals surface area (Å²) in [6, 6.07) is 7.67. The van der Waals surface area contributed by atoms with Gasteiger partial charge in [-0.25, -0.2) is 8.78 Å². The van der Waals surface area contributed by atoms with E-state index in [1.807, 2.05) is 0 Å². The molecule has 3 rings (SSSR count). The Hall–Kier alpha value is -3.27. The quantitative estimate of drug-likeness (QED) is 0.625. The first-order chi connectivity index (χ1) is 13.7. The third-order valence-corrected chi connectivity index (χ3v) is 4.07. The van der Waals surface area contributed by atoms with Crippen molar-refractivity contribution in [3.05, 3.63) is 82.5 Å². The summed E-state index contributed by atoms with van der Waals surface area (Å²) in [7, 11) is 0. The molecule has 1 aromatic heterocycles. The maximum atomic E-state index is 13.7. The SMILES string of the molecule is O=C(Nc1ccn(Cc2ccc(CO)cc2C(F)(F)F)n1)c1c(F)cccc1F. The summed E-state index contributed by atoms with van der Waals surface area (Å²) in [5.74, 6) is -3.27. The summed E-state index contributed by atoms with van der Waals surface area (Å²) in [5.41, 5.74) is -1.70. The van der Waals surface area contributed by atoms with Crippen LogP contribution in [0.15, 0.2) is 48.7 Å². The van der Waals surface area contributed by atoms with Gasteiger partial charge in [0.25, 0.3) is 5.91 Å². The maximum Gasteiger partial charge on any atom is 0.416 e. The van der Waals surface area contributed by atoms with Gasteiger partial charge in [-0.15, -0.1) is 0 Å². The highest BCUT2D eigenvalue weighted by Crippen LogP contribution is 2.33. The van der Waals surface area contributed by atoms with Crippen LogP contribution in [0.2, 0.25) is 0 Å².